The Morgan fingerprint density at radius 1 is 0.449 bits per heavy atom. The van der Waals surface area contributed by atoms with Crippen molar-refractivity contribution < 1.29 is 57.1 Å². The summed E-state index contributed by atoms with van der Waals surface area (Å²) < 4.78 is 62.9. The monoisotopic (exact) mass is 1610 g/mol. The van der Waals surface area contributed by atoms with Crippen LogP contribution in [0.5, 0.6) is 0 Å². The van der Waals surface area contributed by atoms with Crippen molar-refractivity contribution in [2.75, 3.05) is 67.6 Å². The quantitative estimate of drug-likeness (QED) is 0.0658. The Bertz CT molecular complexity index is 5070. The molecule has 0 spiro atoms. The van der Waals surface area contributed by atoms with E-state index in [0.717, 1.165) is 14.6 Å². The molecule has 0 aliphatic carbocycles. The Labute approximate surface area is 639 Å². The molecule has 4 fully saturated rings. The van der Waals surface area contributed by atoms with Crippen LogP contribution in [0.4, 0.5) is 48.1 Å². The van der Waals surface area contributed by atoms with Crippen LogP contribution in [-0.2, 0) is 67.2 Å². The highest BCUT2D eigenvalue weighted by molar-refractivity contribution is 7.15. The highest BCUT2D eigenvalue weighted by Gasteiger charge is 2.44. The zero-order valence-corrected chi connectivity index (χ0v) is 60.7. The van der Waals surface area contributed by atoms with Gasteiger partial charge in [0.15, 0.2) is 60.7 Å². The molecule has 0 saturated carbocycles. The molecule has 548 valence electrons. The van der Waals surface area contributed by atoms with Gasteiger partial charge in [-0.05, 0) is 72.8 Å². The third-order valence-electron chi connectivity index (χ3n) is 15.5. The Morgan fingerprint density at radius 3 is 1.22 bits per heavy atom. The van der Waals surface area contributed by atoms with E-state index < -0.39 is 34.5 Å². The van der Waals surface area contributed by atoms with E-state index in [0.29, 0.717) is 95.2 Å². The summed E-state index contributed by atoms with van der Waals surface area (Å²) in [6, 6.07) is 24.8. The van der Waals surface area contributed by atoms with Gasteiger partial charge in [-0.1, -0.05) is 63.2 Å². The first-order chi connectivity index (χ1) is 51.5. The van der Waals surface area contributed by atoms with Crippen molar-refractivity contribution in [1.82, 2.24) is 91.0 Å². The number of anilines is 6. The Hall–Kier alpha value is -9.82. The first kappa shape index (κ1) is 76.8. The first-order valence-electron chi connectivity index (χ1n) is 30.8. The molecule has 0 aromatic carbocycles. The lowest BCUT2D eigenvalue weighted by atomic mass is 9.94. The number of nitriles is 2. The van der Waals surface area contributed by atoms with Crippen molar-refractivity contribution in [3.8, 4) is 22.8 Å². The van der Waals surface area contributed by atoms with Crippen LogP contribution in [0.3, 0.4) is 0 Å². The van der Waals surface area contributed by atoms with Gasteiger partial charge in [0, 0.05) is 74.1 Å². The topological polar surface area (TPSA) is 420 Å². The van der Waals surface area contributed by atoms with E-state index in [4.69, 9.17) is 87.5 Å². The van der Waals surface area contributed by atoms with Crippen LogP contribution in [0, 0.1) is 22.7 Å². The van der Waals surface area contributed by atoms with E-state index in [1.807, 2.05) is 17.0 Å². The first-order valence-corrected chi connectivity index (χ1v) is 35.2. The standard InChI is InChI=1S/C19H14F3N7O3S.C17H13ClN6O2S.C17H14N6O2S.C7H6Cl2N2O2.C4H2Cl2N2/c20-19(21,22)17-26-16(28-32-17)13-2-1-12(33-13)8-29(15-7-23-3-4-24-15)14-5-11(6-25-27-14)18(30)9-31-10-18;18-16-13(17(25)9-26-10-17)5-14(22-23-16)24(15-7-20-3-4-21-15)8-12-2-1-11(6-19)27-12;18-6-13-1-2-14(26-13)9-23(16-8-19-3-4-20-16)15-5-12(7-21-22-15)17(24)10-25-11-17;8-5-1-4(6(9)11-10-5)7(12)2-13-3-7;5-3-1-2-4(6)8-7-3/h1-7,30H,8-10H2;1-5,7,25H,8-10H2;1-5,7-8,24H,9-11H2;1,12H,2-3H2;1-2H. The van der Waals surface area contributed by atoms with Gasteiger partial charge >= 0.3 is 12.1 Å². The second kappa shape index (κ2) is 34.0. The molecular formula is C64H49Cl5F3N23O9S3. The number of nitrogens with zero attached hydrogens (tertiary/aromatic N) is 23. The number of ether oxygens (including phenoxy) is 4. The van der Waals surface area contributed by atoms with Gasteiger partial charge in [0.05, 0.1) is 108 Å². The fourth-order valence-corrected chi connectivity index (χ4v) is 13.2. The van der Waals surface area contributed by atoms with E-state index >= 15 is 0 Å². The molecule has 12 aromatic heterocycles. The number of alkyl halides is 3. The van der Waals surface area contributed by atoms with Crippen LogP contribution >= 0.6 is 92.0 Å². The smallest absolute Gasteiger partial charge is 0.380 e. The van der Waals surface area contributed by atoms with Gasteiger partial charge in [-0.2, -0.15) is 38.9 Å². The third-order valence-corrected chi connectivity index (χ3v) is 19.6. The van der Waals surface area contributed by atoms with Crippen molar-refractivity contribution in [2.45, 2.75) is 48.2 Å². The summed E-state index contributed by atoms with van der Waals surface area (Å²) in [7, 11) is 0. The lowest BCUT2D eigenvalue weighted by molar-refractivity contribution is -0.184. The number of thiophene rings is 3. The van der Waals surface area contributed by atoms with Crippen LogP contribution in [0.15, 0.2) is 145 Å². The van der Waals surface area contributed by atoms with E-state index in [1.165, 1.54) is 58.7 Å². The van der Waals surface area contributed by atoms with E-state index in [-0.39, 0.29) is 80.7 Å². The molecule has 0 radical (unpaired) electrons. The van der Waals surface area contributed by atoms with Gasteiger partial charge in [0.25, 0.3) is 0 Å². The zero-order chi connectivity index (χ0) is 75.4. The number of rotatable bonds is 17. The van der Waals surface area contributed by atoms with Crippen molar-refractivity contribution in [3.05, 3.63) is 219 Å². The number of aromatic nitrogens is 18. The van der Waals surface area contributed by atoms with Crippen LogP contribution in [0.25, 0.3) is 10.7 Å². The fourth-order valence-electron chi connectivity index (χ4n) is 9.78. The minimum Gasteiger partial charge on any atom is -0.380 e. The van der Waals surface area contributed by atoms with Gasteiger partial charge < -0.3 is 58.6 Å². The minimum atomic E-state index is -4.71. The summed E-state index contributed by atoms with van der Waals surface area (Å²) in [5, 5.41) is 103. The van der Waals surface area contributed by atoms with E-state index in [1.54, 1.807) is 114 Å². The molecular weight excluding hydrogens is 1570 g/mol. The van der Waals surface area contributed by atoms with E-state index in [9.17, 15) is 33.6 Å². The molecule has 107 heavy (non-hydrogen) atoms. The Kier molecular flexibility index (Phi) is 24.4. The zero-order valence-electron chi connectivity index (χ0n) is 54.4. The van der Waals surface area contributed by atoms with Crippen LogP contribution in [0.1, 0.15) is 52.5 Å². The average Bonchev–Trinajstić information content (AvgIpc) is 1.23. The SMILES string of the molecule is Clc1ccc(Cl)nn1.N#Cc1ccc(CN(c2cnccn2)c2cc(C3(O)COC3)c(Cl)nn2)s1.N#Cc1ccc(CN(c2cnccn2)c2cc(C3(O)COC3)cnn2)s1.OC1(c2cc(Cl)nnc2Cl)COC1.OC1(c2cnnc(N(Cc3ccc(-c4noc(C(F)(F)F)n4)s3)c3cnccn3)c2)COC1. The van der Waals surface area contributed by atoms with Gasteiger partial charge in [-0.25, -0.2) is 15.0 Å². The number of hydrogen-bond donors (Lipinski definition) is 4. The van der Waals surface area contributed by atoms with Crippen LogP contribution in [0.2, 0.25) is 25.8 Å². The molecule has 0 atom stereocenters. The van der Waals surface area contributed by atoms with Crippen molar-refractivity contribution >= 4 is 127 Å². The fraction of sp³-hybridized carbons (Fsp3) is 0.250. The second-order valence-corrected chi connectivity index (χ2v) is 28.4. The van der Waals surface area contributed by atoms with Crippen LogP contribution < -0.4 is 14.7 Å². The number of halogens is 8. The van der Waals surface area contributed by atoms with E-state index in [2.05, 4.69) is 108 Å². The maximum atomic E-state index is 12.8. The maximum absolute atomic E-state index is 12.8. The molecule has 32 nitrogen and oxygen atoms in total. The molecule has 43 heteroatoms. The molecule has 4 aliphatic heterocycles. The summed E-state index contributed by atoms with van der Waals surface area (Å²) in [4.78, 5) is 38.5. The molecule has 4 aliphatic rings. The number of aliphatic hydroxyl groups is 4. The van der Waals surface area contributed by atoms with Crippen molar-refractivity contribution in [2.24, 2.45) is 0 Å². The van der Waals surface area contributed by atoms with Gasteiger partial charge in [0.1, 0.15) is 44.3 Å². The lowest BCUT2D eigenvalue weighted by Gasteiger charge is -2.37. The summed E-state index contributed by atoms with van der Waals surface area (Å²) in [6.07, 6.45) is 12.5. The van der Waals surface area contributed by atoms with Crippen molar-refractivity contribution in [3.63, 3.8) is 0 Å². The lowest BCUT2D eigenvalue weighted by Crippen LogP contribution is -2.47. The normalized spacial score (nSPS) is 15.2. The summed E-state index contributed by atoms with van der Waals surface area (Å²) >= 11 is 32.3. The van der Waals surface area contributed by atoms with Gasteiger partial charge in [0.2, 0.25) is 5.82 Å². The van der Waals surface area contributed by atoms with Gasteiger partial charge in [-0.3, -0.25) is 15.0 Å². The Morgan fingerprint density at radius 2 is 0.850 bits per heavy atom. The van der Waals surface area contributed by atoms with Gasteiger partial charge in [-0.15, -0.1) is 74.8 Å². The molecule has 16 heterocycles. The predicted molar refractivity (Wildman–Crippen MR) is 378 cm³/mol. The second-order valence-electron chi connectivity index (χ2n) is 23.1. The van der Waals surface area contributed by atoms with Crippen molar-refractivity contribution in [1.29, 1.82) is 10.5 Å². The average molecular weight is 1610 g/mol. The molecule has 0 bridgehead atoms. The summed E-state index contributed by atoms with van der Waals surface area (Å²) in [6.45, 7) is 2.64. The summed E-state index contributed by atoms with van der Waals surface area (Å²) in [5.41, 5.74) is -2.26. The maximum Gasteiger partial charge on any atom is 0.471 e. The Balaban J connectivity index is 0.000000133. The largest absolute Gasteiger partial charge is 0.471 e. The predicted octanol–water partition coefficient (Wildman–Crippen LogP) is 9.90. The highest BCUT2D eigenvalue weighted by atomic mass is 35.5. The highest BCUT2D eigenvalue weighted by Crippen LogP contribution is 2.40. The summed E-state index contributed by atoms with van der Waals surface area (Å²) in [5.74, 6) is 1.47. The molecule has 0 unspecified atom stereocenters. The number of hydrogen-bond acceptors (Lipinski definition) is 35. The molecule has 4 saturated heterocycles. The molecule has 12 aromatic rings. The minimum absolute atomic E-state index is 0.131. The molecule has 0 amide bonds. The molecule has 4 N–H and O–H groups in total. The molecule has 16 rings (SSSR count). The van der Waals surface area contributed by atoms with Crippen LogP contribution in [-0.4, -0.2) is 164 Å². The third kappa shape index (κ3) is 18.9.